The Morgan fingerprint density at radius 2 is 2.00 bits per heavy atom. The number of benzene rings is 1. The van der Waals surface area contributed by atoms with Crippen molar-refractivity contribution >= 4 is 15.7 Å². The quantitative estimate of drug-likeness (QED) is 0.856. The number of rotatable bonds is 4. The molecule has 1 aromatic carbocycles. The van der Waals surface area contributed by atoms with Gasteiger partial charge >= 0.3 is 0 Å². The molecular weight excluding hydrogens is 266 g/mol. The first-order chi connectivity index (χ1) is 9.02. The average molecular weight is 283 g/mol. The van der Waals surface area contributed by atoms with Crippen molar-refractivity contribution < 1.29 is 18.3 Å². The van der Waals surface area contributed by atoms with Crippen molar-refractivity contribution in [3.63, 3.8) is 0 Å². The highest BCUT2D eigenvalue weighted by Gasteiger charge is 2.34. The summed E-state index contributed by atoms with van der Waals surface area (Å²) in [7, 11) is -3.05. The summed E-state index contributed by atoms with van der Waals surface area (Å²) < 4.78 is 23.0. The third kappa shape index (κ3) is 3.54. The van der Waals surface area contributed by atoms with Crippen molar-refractivity contribution in [3.8, 4) is 0 Å². The molecule has 19 heavy (non-hydrogen) atoms. The molecule has 0 radical (unpaired) electrons. The third-order valence-electron chi connectivity index (χ3n) is 3.30. The Balaban J connectivity index is 2.15. The van der Waals surface area contributed by atoms with Crippen LogP contribution in [-0.4, -0.2) is 48.5 Å². The van der Waals surface area contributed by atoms with Crippen LogP contribution in [0.4, 0.5) is 0 Å². The summed E-state index contributed by atoms with van der Waals surface area (Å²) in [6.07, 6.45) is 0.445. The highest BCUT2D eigenvalue weighted by molar-refractivity contribution is 7.91. The highest BCUT2D eigenvalue weighted by atomic mass is 32.2. The van der Waals surface area contributed by atoms with Crippen molar-refractivity contribution in [2.24, 2.45) is 0 Å². The molecule has 1 unspecified atom stereocenters. The smallest absolute Gasteiger partial charge is 0.248 e. The summed E-state index contributed by atoms with van der Waals surface area (Å²) in [5, 5.41) is 9.03. The zero-order valence-electron chi connectivity index (χ0n) is 10.5. The van der Waals surface area contributed by atoms with E-state index in [1.807, 2.05) is 30.3 Å². The molecule has 104 valence electrons. The zero-order valence-corrected chi connectivity index (χ0v) is 11.3. The topological polar surface area (TPSA) is 74.7 Å². The number of hydrogen-bond donors (Lipinski definition) is 1. The second-order valence-electron chi connectivity index (χ2n) is 4.72. The molecule has 1 fully saturated rings. The number of carbonyl (C=O) groups is 1. The number of carbonyl (C=O) groups excluding carboxylic acids is 1. The molecule has 2 rings (SSSR count). The van der Waals surface area contributed by atoms with Crippen molar-refractivity contribution in [1.29, 1.82) is 0 Å². The fraction of sp³-hybridized carbons (Fsp3) is 0.462. The van der Waals surface area contributed by atoms with Crippen LogP contribution in [0.25, 0.3) is 0 Å². The molecule has 1 saturated heterocycles. The number of amides is 1. The molecule has 1 aliphatic rings. The molecule has 0 spiro atoms. The van der Waals surface area contributed by atoms with Gasteiger partial charge < -0.3 is 10.0 Å². The largest absolute Gasteiger partial charge is 0.387 e. The molecule has 0 bridgehead atoms. The summed E-state index contributed by atoms with van der Waals surface area (Å²) >= 11 is 0. The Hall–Kier alpha value is -1.40. The van der Waals surface area contributed by atoms with Crippen LogP contribution >= 0.6 is 0 Å². The molecule has 6 heteroatoms. The summed E-state index contributed by atoms with van der Waals surface area (Å²) in [6, 6.07) is 9.03. The van der Waals surface area contributed by atoms with Gasteiger partial charge in [0.05, 0.1) is 11.5 Å². The van der Waals surface area contributed by atoms with Gasteiger partial charge in [-0.05, 0) is 12.0 Å². The predicted octanol–water partition coefficient (Wildman–Crippen LogP) is 0.195. The predicted molar refractivity (Wildman–Crippen MR) is 71.1 cm³/mol. The van der Waals surface area contributed by atoms with Crippen LogP contribution in [0, 0.1) is 0 Å². The van der Waals surface area contributed by atoms with Gasteiger partial charge in [0.1, 0.15) is 6.61 Å². The Bertz CT molecular complexity index is 541. The van der Waals surface area contributed by atoms with Gasteiger partial charge in [0.25, 0.3) is 0 Å². The molecule has 1 atom stereocenters. The third-order valence-corrected chi connectivity index (χ3v) is 5.05. The number of sulfone groups is 1. The van der Waals surface area contributed by atoms with E-state index in [0.29, 0.717) is 13.0 Å². The second-order valence-corrected chi connectivity index (χ2v) is 6.95. The number of aliphatic hydroxyl groups is 1. The monoisotopic (exact) mass is 283 g/mol. The number of nitrogens with zero attached hydrogens (tertiary/aromatic N) is 1. The molecule has 1 aliphatic heterocycles. The Kier molecular flexibility index (Phi) is 4.21. The molecule has 1 aromatic rings. The maximum absolute atomic E-state index is 11.8. The van der Waals surface area contributed by atoms with Crippen LogP contribution in [-0.2, 0) is 21.2 Å². The molecule has 1 heterocycles. The first kappa shape index (κ1) is 14.0. The minimum absolute atomic E-state index is 0.00836. The van der Waals surface area contributed by atoms with Gasteiger partial charge in [-0.25, -0.2) is 8.42 Å². The number of aliphatic hydroxyl groups excluding tert-OH is 1. The van der Waals surface area contributed by atoms with E-state index in [1.165, 1.54) is 4.90 Å². The standard InChI is InChI=1S/C13H17NO4S/c15-9-13(16)14(8-11-4-2-1-3-5-11)12-6-7-19(17,18)10-12/h1-5,12,15H,6-10H2. The molecule has 1 N–H and O–H groups in total. The Morgan fingerprint density at radius 1 is 1.32 bits per heavy atom. The Labute approximate surface area is 112 Å². The van der Waals surface area contributed by atoms with Crippen LogP contribution in [0.3, 0.4) is 0 Å². The highest BCUT2D eigenvalue weighted by Crippen LogP contribution is 2.20. The number of hydrogen-bond acceptors (Lipinski definition) is 4. The first-order valence-electron chi connectivity index (χ1n) is 6.16. The molecule has 0 saturated carbocycles. The lowest BCUT2D eigenvalue weighted by Gasteiger charge is -2.27. The normalized spacial score (nSPS) is 21.2. The summed E-state index contributed by atoms with van der Waals surface area (Å²) in [5.74, 6) is -0.321. The van der Waals surface area contributed by atoms with Crippen LogP contribution in [0.2, 0.25) is 0 Å². The van der Waals surface area contributed by atoms with Crippen molar-refractivity contribution in [2.75, 3.05) is 18.1 Å². The lowest BCUT2D eigenvalue weighted by atomic mass is 10.1. The van der Waals surface area contributed by atoms with E-state index in [2.05, 4.69) is 0 Å². The van der Waals surface area contributed by atoms with Gasteiger partial charge in [0.2, 0.25) is 5.91 Å². The van der Waals surface area contributed by atoms with E-state index < -0.39 is 22.4 Å². The van der Waals surface area contributed by atoms with Crippen LogP contribution in [0.15, 0.2) is 30.3 Å². The minimum Gasteiger partial charge on any atom is -0.387 e. The Morgan fingerprint density at radius 3 is 2.53 bits per heavy atom. The van der Waals surface area contributed by atoms with Gasteiger partial charge in [0.15, 0.2) is 9.84 Å². The molecule has 0 aliphatic carbocycles. The van der Waals surface area contributed by atoms with Crippen molar-refractivity contribution in [1.82, 2.24) is 4.90 Å². The van der Waals surface area contributed by atoms with Gasteiger partial charge in [-0.15, -0.1) is 0 Å². The summed E-state index contributed by atoms with van der Waals surface area (Å²) in [5.41, 5.74) is 0.925. The lowest BCUT2D eigenvalue weighted by molar-refractivity contribution is -0.136. The molecule has 1 amide bonds. The fourth-order valence-electron chi connectivity index (χ4n) is 2.31. The maximum Gasteiger partial charge on any atom is 0.248 e. The summed E-state index contributed by atoms with van der Waals surface area (Å²) in [4.78, 5) is 13.3. The molecule has 0 aromatic heterocycles. The van der Waals surface area contributed by atoms with Crippen molar-refractivity contribution in [2.45, 2.75) is 19.0 Å². The van der Waals surface area contributed by atoms with Gasteiger partial charge in [-0.2, -0.15) is 0 Å². The van der Waals surface area contributed by atoms with Crippen LogP contribution in [0.1, 0.15) is 12.0 Å². The first-order valence-corrected chi connectivity index (χ1v) is 7.98. The SMILES string of the molecule is O=C(CO)N(Cc1ccccc1)C1CCS(=O)(=O)C1. The lowest BCUT2D eigenvalue weighted by Crippen LogP contribution is -2.42. The maximum atomic E-state index is 11.8. The van der Waals surface area contributed by atoms with E-state index >= 15 is 0 Å². The average Bonchev–Trinajstić information content (AvgIpc) is 2.76. The summed E-state index contributed by atoms with van der Waals surface area (Å²) in [6.45, 7) is -0.260. The molecular formula is C13H17NO4S. The van der Waals surface area contributed by atoms with E-state index in [1.54, 1.807) is 0 Å². The molecule has 5 nitrogen and oxygen atoms in total. The fourth-order valence-corrected chi connectivity index (χ4v) is 4.04. The van der Waals surface area contributed by atoms with Crippen molar-refractivity contribution in [3.05, 3.63) is 35.9 Å². The minimum atomic E-state index is -3.05. The van der Waals surface area contributed by atoms with E-state index in [9.17, 15) is 13.2 Å². The van der Waals surface area contributed by atoms with Gasteiger partial charge in [0, 0.05) is 12.6 Å². The van der Waals surface area contributed by atoms with Gasteiger partial charge in [-0.1, -0.05) is 30.3 Å². The van der Waals surface area contributed by atoms with E-state index in [0.717, 1.165) is 5.56 Å². The van der Waals surface area contributed by atoms with E-state index in [4.69, 9.17) is 5.11 Å². The zero-order chi connectivity index (χ0) is 13.9. The van der Waals surface area contributed by atoms with Crippen LogP contribution < -0.4 is 0 Å². The van der Waals surface area contributed by atoms with Gasteiger partial charge in [-0.3, -0.25) is 4.79 Å². The van der Waals surface area contributed by atoms with E-state index in [-0.39, 0.29) is 17.5 Å². The van der Waals surface area contributed by atoms with Crippen LogP contribution in [0.5, 0.6) is 0 Å². The second kappa shape index (κ2) is 5.71.